The normalized spacial score (nSPS) is 23.3. The molecule has 2 N–H and O–H groups in total. The fourth-order valence-electron chi connectivity index (χ4n) is 4.15. The highest BCUT2D eigenvalue weighted by molar-refractivity contribution is 5.60. The number of ether oxygens (including phenoxy) is 2. The van der Waals surface area contributed by atoms with Crippen molar-refractivity contribution in [1.82, 2.24) is 9.96 Å². The van der Waals surface area contributed by atoms with E-state index in [9.17, 15) is 4.79 Å². The van der Waals surface area contributed by atoms with Gasteiger partial charge in [0.05, 0.1) is 17.7 Å². The van der Waals surface area contributed by atoms with Crippen molar-refractivity contribution in [3.63, 3.8) is 0 Å². The van der Waals surface area contributed by atoms with Gasteiger partial charge in [0, 0.05) is 32.7 Å². The van der Waals surface area contributed by atoms with E-state index < -0.39 is 11.8 Å². The van der Waals surface area contributed by atoms with Crippen LogP contribution in [0.25, 0.3) is 0 Å². The maximum Gasteiger partial charge on any atom is 0.528 e. The third-order valence-corrected chi connectivity index (χ3v) is 5.16. The van der Waals surface area contributed by atoms with Crippen molar-refractivity contribution in [2.75, 3.05) is 39.3 Å². The zero-order chi connectivity index (χ0) is 21.7. The monoisotopic (exact) mass is 416 g/mol. The highest BCUT2D eigenvalue weighted by Crippen LogP contribution is 2.29. The summed E-state index contributed by atoms with van der Waals surface area (Å²) in [7, 11) is 0. The largest absolute Gasteiger partial charge is 0.528 e. The molecule has 0 spiro atoms. The van der Waals surface area contributed by atoms with E-state index in [0.29, 0.717) is 37.1 Å². The molecule has 2 aliphatic rings. The highest BCUT2D eigenvalue weighted by Gasteiger charge is 2.36. The maximum atomic E-state index is 11.9. The lowest BCUT2D eigenvalue weighted by Crippen LogP contribution is -2.55. The average molecular weight is 417 g/mol. The summed E-state index contributed by atoms with van der Waals surface area (Å²) in [5.41, 5.74) is 6.34. The number of nitrogens with zero attached hydrogens (tertiary/aromatic N) is 3. The minimum atomic E-state index is -0.638. The Morgan fingerprint density at radius 3 is 2.40 bits per heavy atom. The molecule has 3 rings (SSSR count). The predicted molar refractivity (Wildman–Crippen MR) is 112 cm³/mol. The molecule has 1 aromatic carbocycles. The van der Waals surface area contributed by atoms with E-state index >= 15 is 0 Å². The molecular formula is C22H32N4O4. The molecule has 2 aliphatic heterocycles. The van der Waals surface area contributed by atoms with Crippen LogP contribution in [0.15, 0.2) is 24.3 Å². The topological polar surface area (TPSA) is 101 Å². The number of carbonyl (C=O) groups excluding carboxylic acids is 1. The Hall–Kier alpha value is -2.34. The van der Waals surface area contributed by atoms with Crippen LogP contribution >= 0.6 is 0 Å². The Kier molecular flexibility index (Phi) is 7.19. The minimum absolute atomic E-state index is 0.103. The average Bonchev–Trinajstić information content (AvgIpc) is 2.64. The van der Waals surface area contributed by atoms with E-state index in [4.69, 9.17) is 25.3 Å². The number of nitrogens with two attached hydrogens (primary N) is 1. The number of likely N-dealkylation sites (tertiary alicyclic amines) is 1. The van der Waals surface area contributed by atoms with Crippen LogP contribution in [0.3, 0.4) is 0 Å². The summed E-state index contributed by atoms with van der Waals surface area (Å²) in [6.07, 6.45) is 0.503. The molecule has 164 valence electrons. The number of piperidine rings is 2. The molecule has 2 heterocycles. The van der Waals surface area contributed by atoms with Gasteiger partial charge in [0.2, 0.25) is 0 Å². The highest BCUT2D eigenvalue weighted by atomic mass is 16.8. The van der Waals surface area contributed by atoms with Gasteiger partial charge in [-0.25, -0.2) is 4.79 Å². The second-order valence-electron chi connectivity index (χ2n) is 9.30. The summed E-state index contributed by atoms with van der Waals surface area (Å²) in [6.45, 7) is 9.93. The van der Waals surface area contributed by atoms with Crippen LogP contribution in [-0.2, 0) is 9.57 Å². The molecule has 0 amide bonds. The molecule has 2 bridgehead atoms. The maximum absolute atomic E-state index is 11.9. The SMILES string of the molecule is CC(C)(C)OC(=O)ON1CC2CC(CN(CC(N)COc3ccc(C#N)cc3)C2)C1. The van der Waals surface area contributed by atoms with Crippen LogP contribution < -0.4 is 10.5 Å². The lowest BCUT2D eigenvalue weighted by atomic mass is 9.85. The molecular weight excluding hydrogens is 384 g/mol. The lowest BCUT2D eigenvalue weighted by Gasteiger charge is -2.45. The molecule has 0 radical (unpaired) electrons. The summed E-state index contributed by atoms with van der Waals surface area (Å²) in [5.74, 6) is 1.59. The van der Waals surface area contributed by atoms with Gasteiger partial charge in [0.1, 0.15) is 18.0 Å². The second-order valence-corrected chi connectivity index (χ2v) is 9.30. The van der Waals surface area contributed by atoms with E-state index in [0.717, 1.165) is 31.8 Å². The van der Waals surface area contributed by atoms with Gasteiger partial charge in [-0.2, -0.15) is 5.26 Å². The first-order valence-electron chi connectivity index (χ1n) is 10.5. The van der Waals surface area contributed by atoms with Crippen LogP contribution in [0.2, 0.25) is 0 Å². The van der Waals surface area contributed by atoms with Gasteiger partial charge in [-0.1, -0.05) is 0 Å². The Bertz CT molecular complexity index is 742. The predicted octanol–water partition coefficient (Wildman–Crippen LogP) is 2.38. The van der Waals surface area contributed by atoms with E-state index in [1.165, 1.54) is 0 Å². The summed E-state index contributed by atoms with van der Waals surface area (Å²) in [5, 5.41) is 10.6. The summed E-state index contributed by atoms with van der Waals surface area (Å²) >= 11 is 0. The lowest BCUT2D eigenvalue weighted by molar-refractivity contribution is -0.178. The fourth-order valence-corrected chi connectivity index (χ4v) is 4.15. The van der Waals surface area contributed by atoms with Crippen LogP contribution in [0.5, 0.6) is 5.75 Å². The Morgan fingerprint density at radius 1 is 1.20 bits per heavy atom. The van der Waals surface area contributed by atoms with Gasteiger partial charge in [-0.05, 0) is 63.3 Å². The molecule has 8 heteroatoms. The zero-order valence-corrected chi connectivity index (χ0v) is 18.0. The number of fused-ring (bicyclic) bond motifs is 2. The van der Waals surface area contributed by atoms with E-state index in [1.54, 1.807) is 29.3 Å². The van der Waals surface area contributed by atoms with Gasteiger partial charge in [-0.3, -0.25) is 0 Å². The summed E-state index contributed by atoms with van der Waals surface area (Å²) in [6, 6.07) is 9.03. The quantitative estimate of drug-likeness (QED) is 0.706. The van der Waals surface area contributed by atoms with Crippen molar-refractivity contribution in [3.05, 3.63) is 29.8 Å². The molecule has 0 saturated carbocycles. The number of hydrogen-bond donors (Lipinski definition) is 1. The van der Waals surface area contributed by atoms with E-state index in [-0.39, 0.29) is 6.04 Å². The van der Waals surface area contributed by atoms with Crippen molar-refractivity contribution in [3.8, 4) is 11.8 Å². The Labute approximate surface area is 178 Å². The Balaban J connectivity index is 1.41. The van der Waals surface area contributed by atoms with Gasteiger partial charge in [-0.15, -0.1) is 5.06 Å². The number of nitriles is 1. The summed E-state index contributed by atoms with van der Waals surface area (Å²) < 4.78 is 11.0. The number of carbonyl (C=O) groups is 1. The number of benzene rings is 1. The second kappa shape index (κ2) is 9.65. The Morgan fingerprint density at radius 2 is 1.83 bits per heavy atom. The van der Waals surface area contributed by atoms with Gasteiger partial charge >= 0.3 is 6.16 Å². The number of rotatable bonds is 6. The first-order chi connectivity index (χ1) is 14.2. The van der Waals surface area contributed by atoms with Gasteiger partial charge < -0.3 is 24.9 Å². The minimum Gasteiger partial charge on any atom is -0.492 e. The van der Waals surface area contributed by atoms with Crippen LogP contribution in [0.4, 0.5) is 4.79 Å². The van der Waals surface area contributed by atoms with Crippen molar-refractivity contribution in [2.24, 2.45) is 17.6 Å². The third-order valence-electron chi connectivity index (χ3n) is 5.16. The number of hydroxylamine groups is 2. The molecule has 2 saturated heterocycles. The molecule has 2 fully saturated rings. The first kappa shape index (κ1) is 22.3. The molecule has 1 aromatic rings. The van der Waals surface area contributed by atoms with Crippen molar-refractivity contribution >= 4 is 6.16 Å². The molecule has 0 aromatic heterocycles. The molecule has 0 aliphatic carbocycles. The van der Waals surface area contributed by atoms with Crippen LogP contribution in [-0.4, -0.2) is 67.1 Å². The van der Waals surface area contributed by atoms with Crippen LogP contribution in [0.1, 0.15) is 32.8 Å². The van der Waals surface area contributed by atoms with Crippen LogP contribution in [0, 0.1) is 23.2 Å². The third kappa shape index (κ3) is 6.87. The fraction of sp³-hybridized carbons (Fsp3) is 0.636. The van der Waals surface area contributed by atoms with Gasteiger partial charge in [0.15, 0.2) is 0 Å². The molecule has 3 unspecified atom stereocenters. The molecule has 3 atom stereocenters. The van der Waals surface area contributed by atoms with Crippen molar-refractivity contribution in [2.45, 2.75) is 38.8 Å². The molecule has 30 heavy (non-hydrogen) atoms. The smallest absolute Gasteiger partial charge is 0.492 e. The van der Waals surface area contributed by atoms with E-state index in [1.807, 2.05) is 20.8 Å². The van der Waals surface area contributed by atoms with Crippen molar-refractivity contribution < 1.29 is 19.1 Å². The zero-order valence-electron chi connectivity index (χ0n) is 18.0. The standard InChI is InChI=1S/C22H32N4O4/c1-22(2,3)29-21(27)30-26-12-17-8-18(13-26)11-25(10-17)14-19(24)15-28-20-6-4-16(9-23)5-7-20/h4-7,17-19H,8,10-15,24H2,1-3H3. The van der Waals surface area contributed by atoms with Gasteiger partial charge in [0.25, 0.3) is 0 Å². The van der Waals surface area contributed by atoms with E-state index in [2.05, 4.69) is 11.0 Å². The summed E-state index contributed by atoms with van der Waals surface area (Å²) in [4.78, 5) is 19.7. The van der Waals surface area contributed by atoms with Crippen molar-refractivity contribution in [1.29, 1.82) is 5.26 Å². The first-order valence-corrected chi connectivity index (χ1v) is 10.5. The molecule has 8 nitrogen and oxygen atoms in total. The number of hydrogen-bond acceptors (Lipinski definition) is 8.